The second-order valence-electron chi connectivity index (χ2n) is 14.3. The van der Waals surface area contributed by atoms with E-state index in [-0.39, 0.29) is 25.0 Å². The summed E-state index contributed by atoms with van der Waals surface area (Å²) in [6.45, 7) is 2.91. The van der Waals surface area contributed by atoms with Crippen LogP contribution in [0.15, 0.2) is 107 Å². The first-order chi connectivity index (χ1) is 30.1. The number of halogens is 2. The fourth-order valence-corrected chi connectivity index (χ4v) is 10.0. The number of fused-ring (bicyclic) bond motifs is 2. The maximum atomic E-state index is 14.4. The maximum absolute atomic E-state index is 14.4. The molecule has 1 aromatic heterocycles. The van der Waals surface area contributed by atoms with Crippen molar-refractivity contribution in [3.8, 4) is 34.4 Å². The molecule has 0 saturated carbocycles. The molecular weight excluding hydrogens is 870 g/mol. The van der Waals surface area contributed by atoms with E-state index in [0.717, 1.165) is 38.9 Å². The Kier molecular flexibility index (Phi) is 14.4. The van der Waals surface area contributed by atoms with E-state index >= 15 is 0 Å². The van der Waals surface area contributed by atoms with Crippen molar-refractivity contribution in [3.05, 3.63) is 152 Å². The SMILES string of the molecule is CNc1nc(C)c(S(=O)N2Cc3cc4c(cc3CC2C(=O)NCCc2ccc(-c3ccc(C#N)cc3)cc2)OCC(c2ccc(OCc3ccc(Cl)c(Cl)c3)cc2)O4)s1.O=CO. The summed E-state index contributed by atoms with van der Waals surface area (Å²) in [5.74, 6) is 1.70. The molecule has 5 aromatic carbocycles. The van der Waals surface area contributed by atoms with E-state index in [1.807, 2.05) is 85.8 Å². The summed E-state index contributed by atoms with van der Waals surface area (Å²) >= 11 is 13.5. The summed E-state index contributed by atoms with van der Waals surface area (Å²) < 4.78 is 35.5. The van der Waals surface area contributed by atoms with E-state index in [4.69, 9.17) is 52.6 Å². The van der Waals surface area contributed by atoms with Crippen LogP contribution in [0, 0.1) is 18.3 Å². The number of thiazole rings is 1. The van der Waals surface area contributed by atoms with Gasteiger partial charge < -0.3 is 30.0 Å². The van der Waals surface area contributed by atoms with Crippen molar-refractivity contribution in [3.63, 3.8) is 0 Å². The van der Waals surface area contributed by atoms with Crippen molar-refractivity contribution in [2.45, 2.75) is 49.3 Å². The van der Waals surface area contributed by atoms with Gasteiger partial charge in [0.1, 0.15) is 40.2 Å². The van der Waals surface area contributed by atoms with Gasteiger partial charge in [0.05, 0.1) is 27.4 Å². The minimum absolute atomic E-state index is 0.200. The van der Waals surface area contributed by atoms with Crippen LogP contribution in [0.25, 0.3) is 11.1 Å². The summed E-state index contributed by atoms with van der Waals surface area (Å²) in [5.41, 5.74) is 8.11. The van der Waals surface area contributed by atoms with Gasteiger partial charge in [-0.1, -0.05) is 89.1 Å². The number of hydrogen-bond donors (Lipinski definition) is 3. The summed E-state index contributed by atoms with van der Waals surface area (Å²) in [7, 11) is 0.109. The number of carbonyl (C=O) groups excluding carboxylic acids is 1. The van der Waals surface area contributed by atoms with Gasteiger partial charge in [0, 0.05) is 20.1 Å². The first-order valence-electron chi connectivity index (χ1n) is 19.5. The molecule has 0 spiro atoms. The van der Waals surface area contributed by atoms with Crippen molar-refractivity contribution in [2.75, 3.05) is 25.5 Å². The number of hydrogen-bond acceptors (Lipinski definition) is 10. The van der Waals surface area contributed by atoms with Crippen molar-refractivity contribution in [1.82, 2.24) is 14.6 Å². The molecule has 0 radical (unpaired) electrons. The summed E-state index contributed by atoms with van der Waals surface area (Å²) in [5, 5.41) is 23.8. The molecule has 3 atom stereocenters. The monoisotopic (exact) mass is 909 g/mol. The Hall–Kier alpha value is -5.95. The van der Waals surface area contributed by atoms with Gasteiger partial charge in [-0.3, -0.25) is 9.59 Å². The Morgan fingerprint density at radius 1 is 0.984 bits per heavy atom. The van der Waals surface area contributed by atoms with Crippen LogP contribution in [-0.4, -0.2) is 57.2 Å². The number of nitriles is 1. The first-order valence-corrected chi connectivity index (χ1v) is 22.2. The zero-order valence-electron chi connectivity index (χ0n) is 33.6. The summed E-state index contributed by atoms with van der Waals surface area (Å²) in [6.07, 6.45) is 0.607. The quantitative estimate of drug-likeness (QED) is 0.101. The predicted molar refractivity (Wildman–Crippen MR) is 240 cm³/mol. The highest BCUT2D eigenvalue weighted by Crippen LogP contribution is 2.42. The standard InChI is InChI=1S/C45H39Cl2N5O5S2.CH2O2/c1-27-44(58-45(49-2)51-27)59(54)52-24-35-22-41-40(56-26-42(57-41)33-12-14-36(15-13-33)55-25-30-7-16-37(46)38(47)19-30)21-34(35)20-39(52)43(53)50-18-17-28-3-8-31(9-4-28)32-10-5-29(23-48)6-11-32;2-1-3/h3-16,19,21-22,39,42H,17-18,20,24-26H2,1-2H3,(H,49,51)(H,50,53);1H,(H,2,3). The van der Waals surface area contributed by atoms with E-state index < -0.39 is 17.0 Å². The molecule has 0 saturated heterocycles. The lowest BCUT2D eigenvalue weighted by Crippen LogP contribution is -2.51. The van der Waals surface area contributed by atoms with Gasteiger partial charge in [0.25, 0.3) is 6.47 Å². The number of carbonyl (C=O) groups is 2. The van der Waals surface area contributed by atoms with Gasteiger partial charge in [-0.15, -0.1) is 0 Å². The van der Waals surface area contributed by atoms with Gasteiger partial charge in [-0.05, 0) is 107 Å². The number of amides is 1. The Morgan fingerprint density at radius 2 is 1.66 bits per heavy atom. The fourth-order valence-electron chi connectivity index (χ4n) is 7.07. The minimum Gasteiger partial charge on any atom is -0.489 e. The molecule has 1 amide bonds. The van der Waals surface area contributed by atoms with Crippen LogP contribution < -0.4 is 24.8 Å². The Balaban J connectivity index is 0.00000187. The number of ether oxygens (including phenoxy) is 3. The normalized spacial score (nSPS) is 15.8. The molecule has 2 aliphatic rings. The molecule has 3 heterocycles. The number of aryl methyl sites for hydroxylation is 1. The number of aromatic nitrogens is 1. The van der Waals surface area contributed by atoms with Crippen LogP contribution >= 0.6 is 34.5 Å². The van der Waals surface area contributed by atoms with Crippen molar-refractivity contribution >= 4 is 63.0 Å². The molecule has 6 aromatic rings. The predicted octanol–water partition coefficient (Wildman–Crippen LogP) is 8.94. The van der Waals surface area contributed by atoms with E-state index in [1.165, 1.54) is 11.3 Å². The number of rotatable bonds is 12. The maximum Gasteiger partial charge on any atom is 0.290 e. The van der Waals surface area contributed by atoms with Gasteiger partial charge in [-0.25, -0.2) is 13.5 Å². The van der Waals surface area contributed by atoms with Crippen molar-refractivity contribution < 1.29 is 33.1 Å². The molecule has 8 rings (SSSR count). The molecule has 16 heteroatoms. The van der Waals surface area contributed by atoms with Crippen LogP contribution in [-0.2, 0) is 46.6 Å². The highest BCUT2D eigenvalue weighted by atomic mass is 35.5. The summed E-state index contributed by atoms with van der Waals surface area (Å²) in [6, 6.07) is 34.1. The second kappa shape index (κ2) is 20.3. The van der Waals surface area contributed by atoms with Gasteiger partial charge in [0.15, 0.2) is 22.7 Å². The minimum atomic E-state index is -1.67. The van der Waals surface area contributed by atoms with Crippen LogP contribution in [0.3, 0.4) is 0 Å². The molecule has 0 bridgehead atoms. The molecule has 318 valence electrons. The molecule has 0 fully saturated rings. The zero-order chi connectivity index (χ0) is 43.8. The molecule has 3 N–H and O–H groups in total. The highest BCUT2D eigenvalue weighted by molar-refractivity contribution is 7.85. The highest BCUT2D eigenvalue weighted by Gasteiger charge is 2.38. The van der Waals surface area contributed by atoms with Gasteiger partial charge in [-0.2, -0.15) is 5.26 Å². The third-order valence-corrected chi connectivity index (χ3v) is 14.1. The fraction of sp³-hybridized carbons (Fsp3) is 0.217. The Bertz CT molecular complexity index is 2620. The van der Waals surface area contributed by atoms with Gasteiger partial charge >= 0.3 is 0 Å². The smallest absolute Gasteiger partial charge is 0.290 e. The molecular formula is C46H41Cl2N5O7S2. The average molecular weight is 911 g/mol. The lowest BCUT2D eigenvalue weighted by molar-refractivity contribution is -0.125. The molecule has 12 nitrogen and oxygen atoms in total. The lowest BCUT2D eigenvalue weighted by Gasteiger charge is -2.36. The van der Waals surface area contributed by atoms with Gasteiger partial charge in [0.2, 0.25) is 5.91 Å². The zero-order valence-corrected chi connectivity index (χ0v) is 36.7. The van der Waals surface area contributed by atoms with E-state index in [0.29, 0.717) is 80.5 Å². The molecule has 2 aliphatic heterocycles. The van der Waals surface area contributed by atoms with E-state index in [9.17, 15) is 9.00 Å². The number of nitrogens with zero attached hydrogens (tertiary/aromatic N) is 3. The van der Waals surface area contributed by atoms with E-state index in [1.54, 1.807) is 35.6 Å². The molecule has 3 unspecified atom stereocenters. The molecule has 62 heavy (non-hydrogen) atoms. The van der Waals surface area contributed by atoms with Crippen LogP contribution in [0.1, 0.15) is 45.2 Å². The van der Waals surface area contributed by atoms with Crippen molar-refractivity contribution in [2.24, 2.45) is 0 Å². The lowest BCUT2D eigenvalue weighted by atomic mass is 9.94. The van der Waals surface area contributed by atoms with Crippen molar-refractivity contribution in [1.29, 1.82) is 5.26 Å². The average Bonchev–Trinajstić information content (AvgIpc) is 3.68. The van der Waals surface area contributed by atoms with Crippen LogP contribution in [0.2, 0.25) is 10.0 Å². The largest absolute Gasteiger partial charge is 0.489 e. The Morgan fingerprint density at radius 3 is 2.32 bits per heavy atom. The number of benzene rings is 5. The van der Waals surface area contributed by atoms with Crippen LogP contribution in [0.4, 0.5) is 5.13 Å². The Labute approximate surface area is 375 Å². The number of anilines is 1. The summed E-state index contributed by atoms with van der Waals surface area (Å²) in [4.78, 5) is 26.9. The number of carboxylic acid groups (broad SMARTS) is 1. The third kappa shape index (κ3) is 10.4. The molecule has 0 aliphatic carbocycles. The third-order valence-electron chi connectivity index (χ3n) is 10.3. The number of nitrogens with one attached hydrogen (secondary N) is 2. The van der Waals surface area contributed by atoms with Crippen LogP contribution in [0.5, 0.6) is 17.2 Å². The second-order valence-corrected chi connectivity index (χ2v) is 17.8. The van der Waals surface area contributed by atoms with E-state index in [2.05, 4.69) is 21.7 Å². The first kappa shape index (κ1) is 44.1. The topological polar surface area (TPSA) is 163 Å².